The van der Waals surface area contributed by atoms with Gasteiger partial charge in [-0.25, -0.2) is 4.79 Å². The number of nitrogens with zero attached hydrogens (tertiary/aromatic N) is 1. The summed E-state index contributed by atoms with van der Waals surface area (Å²) >= 11 is 0. The van der Waals surface area contributed by atoms with Gasteiger partial charge in [0.1, 0.15) is 0 Å². The maximum Gasteiger partial charge on any atom is 0.340 e. The van der Waals surface area contributed by atoms with Crippen LogP contribution in [-0.2, 0) is 4.74 Å². The summed E-state index contributed by atoms with van der Waals surface area (Å²) in [6, 6.07) is 5.34. The van der Waals surface area contributed by atoms with E-state index in [1.54, 1.807) is 12.1 Å². The Morgan fingerprint density at radius 3 is 2.82 bits per heavy atom. The van der Waals surface area contributed by atoms with Crippen LogP contribution in [0, 0.1) is 5.92 Å². The van der Waals surface area contributed by atoms with Crippen molar-refractivity contribution in [2.75, 3.05) is 31.3 Å². The number of hydrogen-bond donors (Lipinski definition) is 1. The fourth-order valence-corrected chi connectivity index (χ4v) is 2.04. The van der Waals surface area contributed by atoms with Crippen molar-refractivity contribution in [3.05, 3.63) is 23.8 Å². The number of rotatable bonds is 4. The fourth-order valence-electron chi connectivity index (χ4n) is 2.04. The van der Waals surface area contributed by atoms with Gasteiger partial charge in [0.25, 0.3) is 0 Å². The first-order chi connectivity index (χ1) is 8.13. The third-order valence-electron chi connectivity index (χ3n) is 3.08. The van der Waals surface area contributed by atoms with Gasteiger partial charge >= 0.3 is 5.97 Å². The number of para-hydroxylation sites is 1. The number of carbonyl (C=O) groups is 1. The molecule has 0 saturated heterocycles. The van der Waals surface area contributed by atoms with Gasteiger partial charge in [0.05, 0.1) is 24.0 Å². The second-order valence-corrected chi connectivity index (χ2v) is 4.56. The van der Waals surface area contributed by atoms with E-state index in [1.165, 1.54) is 20.0 Å². The molecule has 1 aliphatic rings. The highest BCUT2D eigenvalue weighted by Crippen LogP contribution is 2.34. The van der Waals surface area contributed by atoms with Crippen molar-refractivity contribution in [2.24, 2.45) is 5.92 Å². The van der Waals surface area contributed by atoms with E-state index in [1.807, 2.05) is 13.1 Å². The van der Waals surface area contributed by atoms with E-state index in [0.29, 0.717) is 11.3 Å². The molecule has 2 N–H and O–H groups in total. The lowest BCUT2D eigenvalue weighted by Gasteiger charge is -2.23. The summed E-state index contributed by atoms with van der Waals surface area (Å²) in [7, 11) is 3.35. The Bertz CT molecular complexity index is 427. The highest BCUT2D eigenvalue weighted by atomic mass is 16.5. The Morgan fingerprint density at radius 1 is 1.53 bits per heavy atom. The molecule has 0 radical (unpaired) electrons. The molecule has 17 heavy (non-hydrogen) atoms. The number of nitrogens with two attached hydrogens (primary N) is 1. The standard InChI is InChI=1S/C13H18N2O2/c1-15(8-9-6-7-9)12-10(13(16)17-2)4-3-5-11(12)14/h3-5,9H,6-8,14H2,1-2H3. The average Bonchev–Trinajstić information content (AvgIpc) is 3.11. The Kier molecular flexibility index (Phi) is 3.22. The number of anilines is 2. The van der Waals surface area contributed by atoms with Crippen LogP contribution in [0.4, 0.5) is 11.4 Å². The summed E-state index contributed by atoms with van der Waals surface area (Å²) in [6.07, 6.45) is 2.54. The molecule has 4 heteroatoms. The van der Waals surface area contributed by atoms with Gasteiger partial charge in [0, 0.05) is 13.6 Å². The topological polar surface area (TPSA) is 55.6 Å². The molecule has 92 valence electrons. The van der Waals surface area contributed by atoms with Gasteiger partial charge in [-0.15, -0.1) is 0 Å². The van der Waals surface area contributed by atoms with Crippen LogP contribution in [0.25, 0.3) is 0 Å². The number of nitrogen functional groups attached to an aromatic ring is 1. The molecular formula is C13H18N2O2. The van der Waals surface area contributed by atoms with E-state index >= 15 is 0 Å². The number of ether oxygens (including phenoxy) is 1. The second-order valence-electron chi connectivity index (χ2n) is 4.56. The molecule has 0 unspecified atom stereocenters. The van der Waals surface area contributed by atoms with E-state index in [0.717, 1.165) is 18.2 Å². The summed E-state index contributed by atoms with van der Waals surface area (Å²) in [5, 5.41) is 0. The lowest BCUT2D eigenvalue weighted by atomic mass is 10.1. The van der Waals surface area contributed by atoms with Crippen LogP contribution in [-0.4, -0.2) is 26.7 Å². The molecule has 0 atom stereocenters. The highest BCUT2D eigenvalue weighted by Gasteiger charge is 2.25. The van der Waals surface area contributed by atoms with Gasteiger partial charge in [-0.1, -0.05) is 6.07 Å². The number of esters is 1. The lowest BCUT2D eigenvalue weighted by molar-refractivity contribution is 0.0601. The van der Waals surface area contributed by atoms with Crippen molar-refractivity contribution in [1.29, 1.82) is 0 Å². The molecule has 1 aromatic carbocycles. The molecule has 0 heterocycles. The number of hydrogen-bond acceptors (Lipinski definition) is 4. The summed E-state index contributed by atoms with van der Waals surface area (Å²) in [6.45, 7) is 0.943. The van der Waals surface area contributed by atoms with Crippen LogP contribution in [0.5, 0.6) is 0 Å². The zero-order chi connectivity index (χ0) is 12.4. The van der Waals surface area contributed by atoms with Crippen LogP contribution in [0.15, 0.2) is 18.2 Å². The van der Waals surface area contributed by atoms with Crippen molar-refractivity contribution in [3.8, 4) is 0 Å². The van der Waals surface area contributed by atoms with Crippen molar-refractivity contribution in [2.45, 2.75) is 12.8 Å². The molecule has 1 aromatic rings. The molecule has 1 fully saturated rings. The molecule has 1 saturated carbocycles. The normalized spacial score (nSPS) is 14.5. The minimum Gasteiger partial charge on any atom is -0.465 e. The van der Waals surface area contributed by atoms with Gasteiger partial charge in [0.2, 0.25) is 0 Å². The first-order valence-corrected chi connectivity index (χ1v) is 5.81. The van der Waals surface area contributed by atoms with Crippen LogP contribution in [0.1, 0.15) is 23.2 Å². The molecule has 1 aliphatic carbocycles. The van der Waals surface area contributed by atoms with Crippen LogP contribution >= 0.6 is 0 Å². The molecule has 0 amide bonds. The molecule has 0 aliphatic heterocycles. The third kappa shape index (κ3) is 2.52. The van der Waals surface area contributed by atoms with Crippen molar-refractivity contribution >= 4 is 17.3 Å². The monoisotopic (exact) mass is 234 g/mol. The Morgan fingerprint density at radius 2 is 2.24 bits per heavy atom. The van der Waals surface area contributed by atoms with E-state index in [2.05, 4.69) is 4.90 Å². The van der Waals surface area contributed by atoms with Gasteiger partial charge in [-0.05, 0) is 30.9 Å². The largest absolute Gasteiger partial charge is 0.465 e. The Labute approximate surface area is 101 Å². The number of benzene rings is 1. The van der Waals surface area contributed by atoms with E-state index in [4.69, 9.17) is 10.5 Å². The molecule has 2 rings (SSSR count). The third-order valence-corrected chi connectivity index (χ3v) is 3.08. The van der Waals surface area contributed by atoms with E-state index < -0.39 is 0 Å². The average molecular weight is 234 g/mol. The van der Waals surface area contributed by atoms with Crippen LogP contribution in [0.3, 0.4) is 0 Å². The molecule has 0 bridgehead atoms. The predicted octanol–water partition coefficient (Wildman–Crippen LogP) is 1.90. The molecular weight excluding hydrogens is 216 g/mol. The zero-order valence-electron chi connectivity index (χ0n) is 10.3. The minimum absolute atomic E-state index is 0.338. The quantitative estimate of drug-likeness (QED) is 0.638. The number of methoxy groups -OCH3 is 1. The first-order valence-electron chi connectivity index (χ1n) is 5.81. The zero-order valence-corrected chi connectivity index (χ0v) is 10.3. The molecule has 0 spiro atoms. The van der Waals surface area contributed by atoms with Gasteiger partial charge in [-0.2, -0.15) is 0 Å². The number of carbonyl (C=O) groups excluding carboxylic acids is 1. The predicted molar refractivity (Wildman–Crippen MR) is 68.2 cm³/mol. The summed E-state index contributed by atoms with van der Waals surface area (Å²) in [4.78, 5) is 13.7. The Balaban J connectivity index is 2.31. The molecule has 0 aromatic heterocycles. The SMILES string of the molecule is COC(=O)c1cccc(N)c1N(C)CC1CC1. The Hall–Kier alpha value is -1.71. The van der Waals surface area contributed by atoms with Gasteiger partial charge < -0.3 is 15.4 Å². The van der Waals surface area contributed by atoms with Crippen molar-refractivity contribution < 1.29 is 9.53 Å². The lowest BCUT2D eigenvalue weighted by Crippen LogP contribution is -2.24. The second kappa shape index (κ2) is 4.65. The molecule has 4 nitrogen and oxygen atoms in total. The van der Waals surface area contributed by atoms with E-state index in [-0.39, 0.29) is 5.97 Å². The van der Waals surface area contributed by atoms with E-state index in [9.17, 15) is 4.79 Å². The van der Waals surface area contributed by atoms with Crippen molar-refractivity contribution in [1.82, 2.24) is 0 Å². The summed E-state index contributed by atoms with van der Waals surface area (Å²) < 4.78 is 4.78. The minimum atomic E-state index is -0.338. The first kappa shape index (κ1) is 11.8. The van der Waals surface area contributed by atoms with Crippen molar-refractivity contribution in [3.63, 3.8) is 0 Å². The van der Waals surface area contributed by atoms with Crippen LogP contribution < -0.4 is 10.6 Å². The maximum atomic E-state index is 11.7. The summed E-state index contributed by atoms with van der Waals surface area (Å²) in [5.41, 5.74) is 7.90. The highest BCUT2D eigenvalue weighted by molar-refractivity contribution is 5.99. The smallest absolute Gasteiger partial charge is 0.340 e. The maximum absolute atomic E-state index is 11.7. The van der Waals surface area contributed by atoms with Crippen LogP contribution in [0.2, 0.25) is 0 Å². The summed E-state index contributed by atoms with van der Waals surface area (Å²) in [5.74, 6) is 0.403. The fraction of sp³-hybridized carbons (Fsp3) is 0.462. The van der Waals surface area contributed by atoms with Gasteiger partial charge in [0.15, 0.2) is 0 Å². The van der Waals surface area contributed by atoms with Gasteiger partial charge in [-0.3, -0.25) is 0 Å².